The van der Waals surface area contributed by atoms with E-state index < -0.39 is 5.97 Å². The van der Waals surface area contributed by atoms with Gasteiger partial charge < -0.3 is 19.2 Å². The molecular weight excluding hydrogens is 467 g/mol. The number of nitrogens with zero attached hydrogens (tertiary/aromatic N) is 1. The Morgan fingerprint density at radius 3 is 2.45 bits per heavy atom. The van der Waals surface area contributed by atoms with Crippen LogP contribution in [0.3, 0.4) is 0 Å². The van der Waals surface area contributed by atoms with E-state index in [0.717, 1.165) is 5.56 Å². The van der Waals surface area contributed by atoms with Gasteiger partial charge in [0.15, 0.2) is 11.5 Å². The zero-order valence-corrected chi connectivity index (χ0v) is 18.9. The van der Waals surface area contributed by atoms with Crippen molar-refractivity contribution in [2.24, 2.45) is 0 Å². The van der Waals surface area contributed by atoms with E-state index in [0.29, 0.717) is 39.1 Å². The summed E-state index contributed by atoms with van der Waals surface area (Å²) in [6, 6.07) is 16.8. The molecule has 4 rings (SSSR count). The van der Waals surface area contributed by atoms with Crippen molar-refractivity contribution in [2.75, 3.05) is 7.11 Å². The first-order chi connectivity index (χ1) is 15.9. The fourth-order valence-corrected chi connectivity index (χ4v) is 3.39. The van der Waals surface area contributed by atoms with Crippen LogP contribution in [0.15, 0.2) is 65.5 Å². The third kappa shape index (κ3) is 5.45. The van der Waals surface area contributed by atoms with Crippen LogP contribution in [0.25, 0.3) is 10.9 Å². The highest BCUT2D eigenvalue weighted by molar-refractivity contribution is 6.31. The molecule has 0 aliphatic rings. The van der Waals surface area contributed by atoms with Gasteiger partial charge >= 0.3 is 5.97 Å². The molecule has 0 aliphatic carbocycles. The van der Waals surface area contributed by atoms with Crippen LogP contribution in [0.2, 0.25) is 10.0 Å². The van der Waals surface area contributed by atoms with Crippen molar-refractivity contribution in [3.8, 4) is 11.5 Å². The van der Waals surface area contributed by atoms with E-state index in [-0.39, 0.29) is 23.6 Å². The third-order valence-corrected chi connectivity index (χ3v) is 5.25. The van der Waals surface area contributed by atoms with Crippen LogP contribution in [0.5, 0.6) is 11.5 Å². The lowest BCUT2D eigenvalue weighted by atomic mass is 10.2. The summed E-state index contributed by atoms with van der Waals surface area (Å²) in [6.07, 6.45) is 0. The van der Waals surface area contributed by atoms with Gasteiger partial charge in [0, 0.05) is 10.0 Å². The van der Waals surface area contributed by atoms with Crippen molar-refractivity contribution in [1.29, 1.82) is 0 Å². The minimum absolute atomic E-state index is 0.206. The summed E-state index contributed by atoms with van der Waals surface area (Å²) in [7, 11) is 1.48. The molecule has 0 radical (unpaired) electrons. The molecule has 1 heterocycles. The van der Waals surface area contributed by atoms with Gasteiger partial charge in [-0.3, -0.25) is 4.79 Å². The third-order valence-electron chi connectivity index (χ3n) is 4.76. The Labute approximate surface area is 198 Å². The molecule has 0 atom stereocenters. The summed E-state index contributed by atoms with van der Waals surface area (Å²) in [5.74, 6) is 0.455. The van der Waals surface area contributed by atoms with Crippen molar-refractivity contribution in [3.05, 3.63) is 98.0 Å². The van der Waals surface area contributed by atoms with Crippen LogP contribution in [0.1, 0.15) is 21.7 Å². The largest absolute Gasteiger partial charge is 0.493 e. The van der Waals surface area contributed by atoms with Gasteiger partial charge in [0.2, 0.25) is 0 Å². The molecule has 0 bridgehead atoms. The summed E-state index contributed by atoms with van der Waals surface area (Å²) >= 11 is 11.9. The first-order valence-corrected chi connectivity index (χ1v) is 10.6. The van der Waals surface area contributed by atoms with Crippen LogP contribution in [0, 0.1) is 0 Å². The van der Waals surface area contributed by atoms with Gasteiger partial charge in [0.05, 0.1) is 23.6 Å². The zero-order valence-electron chi connectivity index (χ0n) is 17.4. The van der Waals surface area contributed by atoms with Gasteiger partial charge in [-0.05, 0) is 54.1 Å². The number of methoxy groups -OCH3 is 1. The molecule has 4 aromatic rings. The van der Waals surface area contributed by atoms with Crippen molar-refractivity contribution >= 4 is 40.1 Å². The number of H-pyrrole nitrogens is 1. The summed E-state index contributed by atoms with van der Waals surface area (Å²) in [5, 5.41) is 1.49. The topological polar surface area (TPSA) is 90.5 Å². The van der Waals surface area contributed by atoms with E-state index in [1.165, 1.54) is 13.2 Å². The second-order valence-corrected chi connectivity index (χ2v) is 7.90. The number of hydrogen-bond acceptors (Lipinski definition) is 6. The quantitative estimate of drug-likeness (QED) is 0.363. The maximum Gasteiger partial charge on any atom is 0.338 e. The van der Waals surface area contributed by atoms with Crippen LogP contribution in [-0.4, -0.2) is 23.0 Å². The highest BCUT2D eigenvalue weighted by atomic mass is 35.5. The number of carbonyl (C=O) groups is 1. The molecular formula is C24H18Cl2N2O5. The molecule has 0 amide bonds. The monoisotopic (exact) mass is 484 g/mol. The smallest absolute Gasteiger partial charge is 0.338 e. The number of hydrogen-bond donors (Lipinski definition) is 1. The number of aromatic nitrogens is 2. The molecule has 0 saturated heterocycles. The van der Waals surface area contributed by atoms with Gasteiger partial charge in [-0.2, -0.15) is 0 Å². The predicted octanol–water partition coefficient (Wildman–Crippen LogP) is 5.17. The standard InChI is InChI=1S/C24H18Cl2N2O5/c1-31-21-10-15(4-9-20(21)32-12-14-2-5-16(25)6-3-14)24(30)33-13-22-27-19-11-17(26)7-8-18(19)23(29)28-22/h2-11H,12-13H2,1H3,(H,27,28,29). The Morgan fingerprint density at radius 1 is 0.939 bits per heavy atom. The molecule has 0 aliphatic heterocycles. The van der Waals surface area contributed by atoms with Crippen LogP contribution in [0.4, 0.5) is 0 Å². The summed E-state index contributed by atoms with van der Waals surface area (Å²) < 4.78 is 16.5. The average molecular weight is 485 g/mol. The zero-order chi connectivity index (χ0) is 23.4. The van der Waals surface area contributed by atoms with E-state index in [1.54, 1.807) is 42.5 Å². The summed E-state index contributed by atoms with van der Waals surface area (Å²) in [6.45, 7) is 0.0932. The first-order valence-electron chi connectivity index (χ1n) is 9.84. The van der Waals surface area contributed by atoms with Crippen LogP contribution in [-0.2, 0) is 18.0 Å². The van der Waals surface area contributed by atoms with Gasteiger partial charge in [0.1, 0.15) is 19.0 Å². The minimum atomic E-state index is -0.605. The second-order valence-electron chi connectivity index (χ2n) is 7.03. The predicted molar refractivity (Wildman–Crippen MR) is 125 cm³/mol. The molecule has 9 heteroatoms. The number of halogens is 2. The molecule has 3 aromatic carbocycles. The molecule has 1 N–H and O–H groups in total. The number of aromatic amines is 1. The van der Waals surface area contributed by atoms with E-state index >= 15 is 0 Å². The lowest BCUT2D eigenvalue weighted by Crippen LogP contribution is -2.14. The Hall–Kier alpha value is -3.55. The highest BCUT2D eigenvalue weighted by Crippen LogP contribution is 2.29. The summed E-state index contributed by atoms with van der Waals surface area (Å²) in [4.78, 5) is 31.7. The number of fused-ring (bicyclic) bond motifs is 1. The number of rotatable bonds is 7. The average Bonchev–Trinajstić information content (AvgIpc) is 2.81. The van der Waals surface area contributed by atoms with Gasteiger partial charge in [-0.15, -0.1) is 0 Å². The SMILES string of the molecule is COc1cc(C(=O)OCc2nc3cc(Cl)ccc3c(=O)[nH]2)ccc1OCc1ccc(Cl)cc1. The minimum Gasteiger partial charge on any atom is -0.493 e. The molecule has 0 spiro atoms. The molecule has 1 aromatic heterocycles. The number of esters is 1. The number of benzene rings is 3. The summed E-state index contributed by atoms with van der Waals surface area (Å²) in [5.41, 5.74) is 1.27. The van der Waals surface area contributed by atoms with Gasteiger partial charge in [0.25, 0.3) is 5.56 Å². The van der Waals surface area contributed by atoms with E-state index in [2.05, 4.69) is 9.97 Å². The Bertz CT molecular complexity index is 1370. The molecule has 0 fully saturated rings. The fourth-order valence-electron chi connectivity index (χ4n) is 3.10. The lowest BCUT2D eigenvalue weighted by Gasteiger charge is -2.12. The highest BCUT2D eigenvalue weighted by Gasteiger charge is 2.14. The van der Waals surface area contributed by atoms with E-state index in [4.69, 9.17) is 37.4 Å². The fraction of sp³-hybridized carbons (Fsp3) is 0.125. The van der Waals surface area contributed by atoms with E-state index in [9.17, 15) is 9.59 Å². The lowest BCUT2D eigenvalue weighted by molar-refractivity contribution is 0.0462. The molecule has 0 unspecified atom stereocenters. The van der Waals surface area contributed by atoms with Crippen LogP contribution >= 0.6 is 23.2 Å². The van der Waals surface area contributed by atoms with Crippen molar-refractivity contribution in [2.45, 2.75) is 13.2 Å². The van der Waals surface area contributed by atoms with E-state index in [1.807, 2.05) is 12.1 Å². The molecule has 7 nitrogen and oxygen atoms in total. The second kappa shape index (κ2) is 9.94. The Kier molecular flexibility index (Phi) is 6.82. The van der Waals surface area contributed by atoms with Gasteiger partial charge in [-0.1, -0.05) is 35.3 Å². The molecule has 33 heavy (non-hydrogen) atoms. The maximum atomic E-state index is 12.5. The number of ether oxygens (including phenoxy) is 3. The first kappa shape index (κ1) is 22.6. The Balaban J connectivity index is 1.44. The van der Waals surface area contributed by atoms with Crippen molar-refractivity contribution in [3.63, 3.8) is 0 Å². The molecule has 168 valence electrons. The normalized spacial score (nSPS) is 10.8. The number of nitrogens with one attached hydrogen (secondary N) is 1. The molecule has 0 saturated carbocycles. The maximum absolute atomic E-state index is 12.5. The van der Waals surface area contributed by atoms with Crippen LogP contribution < -0.4 is 15.0 Å². The van der Waals surface area contributed by atoms with Crippen molar-refractivity contribution < 1.29 is 19.0 Å². The van der Waals surface area contributed by atoms with Crippen molar-refractivity contribution in [1.82, 2.24) is 9.97 Å². The Morgan fingerprint density at radius 2 is 1.70 bits per heavy atom. The number of carbonyl (C=O) groups excluding carboxylic acids is 1. The van der Waals surface area contributed by atoms with Gasteiger partial charge in [-0.25, -0.2) is 9.78 Å².